The molecule has 1 atom stereocenters. The highest BCUT2D eigenvalue weighted by atomic mass is 35.5. The van der Waals surface area contributed by atoms with E-state index in [4.69, 9.17) is 16.3 Å². The molecule has 5 nitrogen and oxygen atoms in total. The van der Waals surface area contributed by atoms with Crippen LogP contribution in [0.2, 0.25) is 5.02 Å². The summed E-state index contributed by atoms with van der Waals surface area (Å²) in [6.45, 7) is 5.56. The van der Waals surface area contributed by atoms with E-state index in [9.17, 15) is 14.9 Å². The van der Waals surface area contributed by atoms with Crippen LogP contribution in [0.5, 0.6) is 0 Å². The number of esters is 1. The summed E-state index contributed by atoms with van der Waals surface area (Å²) in [7, 11) is 0. The Morgan fingerprint density at radius 3 is 2.53 bits per heavy atom. The molecule has 0 N–H and O–H groups in total. The molecule has 1 aliphatic rings. The fourth-order valence-corrected chi connectivity index (χ4v) is 3.79. The fourth-order valence-electron chi connectivity index (χ4n) is 3.66. The van der Waals surface area contributed by atoms with Crippen molar-refractivity contribution in [2.75, 3.05) is 0 Å². The number of nitriles is 1. The van der Waals surface area contributed by atoms with Gasteiger partial charge in [0.1, 0.15) is 0 Å². The van der Waals surface area contributed by atoms with Gasteiger partial charge in [0.15, 0.2) is 0 Å². The van der Waals surface area contributed by atoms with Crippen LogP contribution < -0.4 is 0 Å². The van der Waals surface area contributed by atoms with Crippen LogP contribution in [0.25, 0.3) is 0 Å². The number of nitrogens with zero attached hydrogens (tertiary/aromatic N) is 2. The van der Waals surface area contributed by atoms with Crippen molar-refractivity contribution in [1.29, 1.82) is 5.26 Å². The molecule has 0 saturated heterocycles. The molecule has 2 aromatic carbocycles. The van der Waals surface area contributed by atoms with Crippen molar-refractivity contribution in [3.05, 3.63) is 81.5 Å². The molecule has 30 heavy (non-hydrogen) atoms. The van der Waals surface area contributed by atoms with Crippen LogP contribution in [0.4, 0.5) is 0 Å². The monoisotopic (exact) mass is 422 g/mol. The molecular formula is C24H23ClN2O3. The van der Waals surface area contributed by atoms with Crippen LogP contribution >= 0.6 is 11.6 Å². The molecule has 0 fully saturated rings. The highest BCUT2D eigenvalue weighted by Crippen LogP contribution is 2.38. The lowest BCUT2D eigenvalue weighted by Crippen LogP contribution is -2.38. The standard InChI is InChI=1S/C24H23ClN2O3/c1-15(2)30-24(29)23-16(3)27(14-19-7-5-4-6-18(19)13-26)22(28)12-21(23)17-8-10-20(25)11-9-17/h4-11,15,21H,12,14H2,1-3H3/t21-/m0/s1. The molecule has 0 unspecified atom stereocenters. The van der Waals surface area contributed by atoms with Gasteiger partial charge >= 0.3 is 5.97 Å². The quantitative estimate of drug-likeness (QED) is 0.639. The Labute approximate surface area is 181 Å². The van der Waals surface area contributed by atoms with E-state index in [1.165, 1.54) is 0 Å². The molecular weight excluding hydrogens is 400 g/mol. The zero-order valence-corrected chi connectivity index (χ0v) is 17.9. The molecule has 6 heteroatoms. The molecule has 1 aliphatic heterocycles. The van der Waals surface area contributed by atoms with Gasteiger partial charge in [0, 0.05) is 23.1 Å². The van der Waals surface area contributed by atoms with Gasteiger partial charge < -0.3 is 9.64 Å². The van der Waals surface area contributed by atoms with Gasteiger partial charge in [0.05, 0.1) is 29.9 Å². The van der Waals surface area contributed by atoms with E-state index in [-0.39, 0.29) is 25.0 Å². The van der Waals surface area contributed by atoms with Crippen molar-refractivity contribution in [2.24, 2.45) is 0 Å². The number of allylic oxidation sites excluding steroid dienone is 1. The van der Waals surface area contributed by atoms with Gasteiger partial charge in [0.25, 0.3) is 0 Å². The minimum Gasteiger partial charge on any atom is -0.460 e. The number of ether oxygens (including phenoxy) is 1. The maximum Gasteiger partial charge on any atom is 0.336 e. The van der Waals surface area contributed by atoms with Crippen molar-refractivity contribution >= 4 is 23.5 Å². The van der Waals surface area contributed by atoms with Gasteiger partial charge in [0.2, 0.25) is 5.91 Å². The number of amides is 1. The minimum absolute atomic E-state index is 0.110. The summed E-state index contributed by atoms with van der Waals surface area (Å²) in [5.41, 5.74) is 3.07. The van der Waals surface area contributed by atoms with E-state index in [0.717, 1.165) is 11.1 Å². The van der Waals surface area contributed by atoms with E-state index in [1.807, 2.05) is 24.3 Å². The summed E-state index contributed by atoms with van der Waals surface area (Å²) in [6.07, 6.45) is -0.148. The number of hydrogen-bond acceptors (Lipinski definition) is 4. The highest BCUT2D eigenvalue weighted by molar-refractivity contribution is 6.30. The van der Waals surface area contributed by atoms with Crippen LogP contribution in [0.3, 0.4) is 0 Å². The second-order valence-corrected chi connectivity index (χ2v) is 7.95. The number of rotatable bonds is 5. The lowest BCUT2D eigenvalue weighted by Gasteiger charge is -2.35. The van der Waals surface area contributed by atoms with Crippen LogP contribution in [-0.4, -0.2) is 22.9 Å². The molecule has 0 spiro atoms. The Morgan fingerprint density at radius 2 is 1.90 bits per heavy atom. The van der Waals surface area contributed by atoms with E-state index >= 15 is 0 Å². The average molecular weight is 423 g/mol. The normalized spacial score (nSPS) is 16.6. The number of hydrogen-bond donors (Lipinski definition) is 0. The Bertz CT molecular complexity index is 1040. The lowest BCUT2D eigenvalue weighted by atomic mass is 9.83. The second kappa shape index (κ2) is 9.15. The lowest BCUT2D eigenvalue weighted by molar-refractivity contribution is -0.143. The second-order valence-electron chi connectivity index (χ2n) is 7.51. The maximum atomic E-state index is 13.1. The molecule has 3 rings (SSSR count). The van der Waals surface area contributed by atoms with Gasteiger partial charge in [-0.1, -0.05) is 41.9 Å². The molecule has 154 valence electrons. The number of carbonyl (C=O) groups is 2. The SMILES string of the molecule is CC1=C(C(=O)OC(C)C)[C@H](c2ccc(Cl)cc2)CC(=O)N1Cc1ccccc1C#N. The Balaban J connectivity index is 2.06. The summed E-state index contributed by atoms with van der Waals surface area (Å²) in [6, 6.07) is 16.5. The number of carbonyl (C=O) groups excluding carboxylic acids is 2. The molecule has 1 amide bonds. The Kier molecular flexibility index (Phi) is 6.59. The fraction of sp³-hybridized carbons (Fsp3) is 0.292. The molecule has 0 saturated carbocycles. The third kappa shape index (κ3) is 4.55. The first-order valence-corrected chi connectivity index (χ1v) is 10.1. The molecule has 2 aromatic rings. The van der Waals surface area contributed by atoms with Gasteiger partial charge in [-0.3, -0.25) is 4.79 Å². The maximum absolute atomic E-state index is 13.1. The van der Waals surface area contributed by atoms with Gasteiger partial charge in [-0.2, -0.15) is 5.26 Å². The van der Waals surface area contributed by atoms with Crippen molar-refractivity contribution in [2.45, 2.75) is 45.8 Å². The van der Waals surface area contributed by atoms with Crippen molar-refractivity contribution in [3.8, 4) is 6.07 Å². The third-order valence-corrected chi connectivity index (χ3v) is 5.38. The van der Waals surface area contributed by atoms with Crippen LogP contribution in [0.1, 0.15) is 49.8 Å². The van der Waals surface area contributed by atoms with Crippen LogP contribution in [0.15, 0.2) is 59.8 Å². The first-order chi connectivity index (χ1) is 14.3. The molecule has 0 bridgehead atoms. The van der Waals surface area contributed by atoms with Crippen molar-refractivity contribution < 1.29 is 14.3 Å². The number of halogens is 1. The van der Waals surface area contributed by atoms with E-state index in [2.05, 4.69) is 6.07 Å². The predicted octanol–water partition coefficient (Wildman–Crippen LogP) is 4.95. The van der Waals surface area contributed by atoms with E-state index in [0.29, 0.717) is 21.9 Å². The first kappa shape index (κ1) is 21.6. The topological polar surface area (TPSA) is 70.4 Å². The third-order valence-electron chi connectivity index (χ3n) is 5.12. The largest absolute Gasteiger partial charge is 0.460 e. The summed E-state index contributed by atoms with van der Waals surface area (Å²) >= 11 is 6.01. The minimum atomic E-state index is -0.437. The zero-order chi connectivity index (χ0) is 21.8. The molecule has 1 heterocycles. The smallest absolute Gasteiger partial charge is 0.336 e. The number of benzene rings is 2. The summed E-state index contributed by atoms with van der Waals surface area (Å²) < 4.78 is 5.50. The van der Waals surface area contributed by atoms with Crippen LogP contribution in [0, 0.1) is 11.3 Å². The van der Waals surface area contributed by atoms with Gasteiger partial charge in [-0.15, -0.1) is 0 Å². The van der Waals surface area contributed by atoms with E-state index < -0.39 is 11.9 Å². The van der Waals surface area contributed by atoms with Gasteiger partial charge in [-0.25, -0.2) is 4.79 Å². The highest BCUT2D eigenvalue weighted by Gasteiger charge is 2.37. The summed E-state index contributed by atoms with van der Waals surface area (Å²) in [5.74, 6) is -0.960. The first-order valence-electron chi connectivity index (χ1n) is 9.77. The molecule has 0 aromatic heterocycles. The molecule has 0 aliphatic carbocycles. The van der Waals surface area contributed by atoms with Crippen molar-refractivity contribution in [1.82, 2.24) is 4.90 Å². The summed E-state index contributed by atoms with van der Waals surface area (Å²) in [5, 5.41) is 9.97. The Hall–Kier alpha value is -3.10. The van der Waals surface area contributed by atoms with Gasteiger partial charge in [-0.05, 0) is 50.1 Å². The van der Waals surface area contributed by atoms with Crippen molar-refractivity contribution in [3.63, 3.8) is 0 Å². The van der Waals surface area contributed by atoms with Crippen LogP contribution in [-0.2, 0) is 20.9 Å². The zero-order valence-electron chi connectivity index (χ0n) is 17.2. The predicted molar refractivity (Wildman–Crippen MR) is 114 cm³/mol. The Morgan fingerprint density at radius 1 is 1.23 bits per heavy atom. The van der Waals surface area contributed by atoms with E-state index in [1.54, 1.807) is 49.9 Å². The summed E-state index contributed by atoms with van der Waals surface area (Å²) in [4.78, 5) is 27.7. The molecule has 0 radical (unpaired) electrons. The average Bonchev–Trinajstić information content (AvgIpc) is 2.71.